The fourth-order valence-corrected chi connectivity index (χ4v) is 9.69. The van der Waals surface area contributed by atoms with Gasteiger partial charge in [0.2, 0.25) is 0 Å². The third-order valence-corrected chi connectivity index (χ3v) is 12.3. The van der Waals surface area contributed by atoms with E-state index in [2.05, 4.69) is 39.8 Å². The van der Waals surface area contributed by atoms with Crippen LogP contribution in [0.3, 0.4) is 0 Å². The summed E-state index contributed by atoms with van der Waals surface area (Å²) in [7, 11) is 0. The van der Waals surface area contributed by atoms with Gasteiger partial charge in [-0.15, -0.1) is 0 Å². The standard InChI is InChI=1S/C35H42O4/c1-19-17-28-32(20(2)35(15-16-35)21(3)33(28)38)24(19)9-12-31(37)39-23-6-8-25-22(18-23)5-7-27-26(25)13-14-34(4)29(27)10-11-30(34)36/h6,8,17-18,21,26-27,29-30,36H,5,7,9-16H2,1-4H3/t21-,26?,27?,29?,30?,34+/m1/s1. The van der Waals surface area contributed by atoms with E-state index in [0.717, 1.165) is 73.7 Å². The lowest BCUT2D eigenvalue weighted by molar-refractivity contribution is -0.134. The molecular formula is C35H42O4. The van der Waals surface area contributed by atoms with Gasteiger partial charge in [-0.1, -0.05) is 25.5 Å². The van der Waals surface area contributed by atoms with E-state index in [4.69, 9.17) is 4.74 Å². The number of aliphatic hydroxyl groups is 1. The van der Waals surface area contributed by atoms with Gasteiger partial charge in [0.1, 0.15) is 5.75 Å². The smallest absolute Gasteiger partial charge is 0.311 e. The van der Waals surface area contributed by atoms with Crippen LogP contribution >= 0.6 is 0 Å². The highest BCUT2D eigenvalue weighted by Crippen LogP contribution is 2.64. The molecule has 3 fully saturated rings. The second-order valence-corrected chi connectivity index (χ2v) is 13.8. The van der Waals surface area contributed by atoms with Crippen LogP contribution in [0.2, 0.25) is 0 Å². The van der Waals surface area contributed by atoms with Gasteiger partial charge in [0.15, 0.2) is 5.78 Å². The van der Waals surface area contributed by atoms with Crippen LogP contribution in [-0.4, -0.2) is 23.0 Å². The lowest BCUT2D eigenvalue weighted by Crippen LogP contribution is -2.43. The molecule has 0 saturated heterocycles. The van der Waals surface area contributed by atoms with Crippen molar-refractivity contribution in [1.82, 2.24) is 0 Å². The van der Waals surface area contributed by atoms with Gasteiger partial charge in [-0.25, -0.2) is 0 Å². The van der Waals surface area contributed by atoms with Crippen molar-refractivity contribution in [1.29, 1.82) is 0 Å². The molecule has 0 aliphatic heterocycles. The Kier molecular flexibility index (Phi) is 5.73. The average molecular weight is 527 g/mol. The van der Waals surface area contributed by atoms with E-state index in [1.54, 1.807) is 0 Å². The number of carbonyl (C=O) groups is 2. The summed E-state index contributed by atoms with van der Waals surface area (Å²) >= 11 is 0. The van der Waals surface area contributed by atoms with Crippen molar-refractivity contribution in [2.45, 2.75) is 104 Å². The molecule has 6 aliphatic carbocycles. The molecule has 6 atom stereocenters. The van der Waals surface area contributed by atoms with Gasteiger partial charge in [-0.2, -0.15) is 0 Å². The minimum atomic E-state index is -0.208. The molecule has 0 radical (unpaired) electrons. The Balaban J connectivity index is 1.03. The highest BCUT2D eigenvalue weighted by molar-refractivity contribution is 6.07. The summed E-state index contributed by atoms with van der Waals surface area (Å²) in [6.45, 7) is 8.68. The summed E-state index contributed by atoms with van der Waals surface area (Å²) in [5.74, 6) is 2.62. The first-order valence-electron chi connectivity index (χ1n) is 15.3. The SMILES string of the molecule is CC1=C(CCC(=O)Oc2ccc3c(c2)CCC2C3CC[C@]3(C)C(O)CCC23)C2=C(C)C3(CC3)[C@H](C)C(=O)C2=C1. The van der Waals surface area contributed by atoms with E-state index < -0.39 is 0 Å². The van der Waals surface area contributed by atoms with E-state index in [1.807, 2.05) is 12.1 Å². The number of allylic oxidation sites excluding steroid dienone is 6. The molecule has 1 spiro atoms. The summed E-state index contributed by atoms with van der Waals surface area (Å²) in [5.41, 5.74) is 8.53. The number of ether oxygens (including phenoxy) is 1. The number of hydrogen-bond donors (Lipinski definition) is 1. The number of fused-ring (bicyclic) bond motifs is 6. The predicted molar refractivity (Wildman–Crippen MR) is 151 cm³/mol. The van der Waals surface area contributed by atoms with Crippen LogP contribution in [0.1, 0.15) is 103 Å². The third kappa shape index (κ3) is 3.66. The Labute approximate surface area is 232 Å². The lowest BCUT2D eigenvalue weighted by Gasteiger charge is -2.50. The molecule has 4 heteroatoms. The molecule has 0 heterocycles. The average Bonchev–Trinajstić information content (AvgIpc) is 3.58. The molecule has 0 aromatic heterocycles. The van der Waals surface area contributed by atoms with Crippen LogP contribution < -0.4 is 4.74 Å². The van der Waals surface area contributed by atoms with Gasteiger partial charge >= 0.3 is 5.97 Å². The number of rotatable bonds is 4. The first-order valence-corrected chi connectivity index (χ1v) is 15.3. The number of carbonyl (C=O) groups excluding carboxylic acids is 2. The van der Waals surface area contributed by atoms with E-state index in [9.17, 15) is 14.7 Å². The Morgan fingerprint density at radius 2 is 1.90 bits per heavy atom. The molecule has 1 aromatic carbocycles. The van der Waals surface area contributed by atoms with Gasteiger partial charge < -0.3 is 9.84 Å². The molecule has 206 valence electrons. The van der Waals surface area contributed by atoms with Crippen molar-refractivity contribution >= 4 is 11.8 Å². The highest BCUT2D eigenvalue weighted by Gasteiger charge is 2.57. The second-order valence-electron chi connectivity index (χ2n) is 13.8. The zero-order chi connectivity index (χ0) is 27.3. The van der Waals surface area contributed by atoms with Crippen LogP contribution in [-0.2, 0) is 16.0 Å². The molecule has 39 heavy (non-hydrogen) atoms. The van der Waals surface area contributed by atoms with Crippen LogP contribution in [0.25, 0.3) is 0 Å². The molecular weight excluding hydrogens is 484 g/mol. The number of ketones is 1. The van der Waals surface area contributed by atoms with E-state index in [-0.39, 0.29) is 34.6 Å². The Morgan fingerprint density at radius 1 is 1.10 bits per heavy atom. The quantitative estimate of drug-likeness (QED) is 0.334. The zero-order valence-electron chi connectivity index (χ0n) is 23.9. The summed E-state index contributed by atoms with van der Waals surface area (Å²) < 4.78 is 5.87. The topological polar surface area (TPSA) is 63.6 Å². The van der Waals surface area contributed by atoms with Crippen molar-refractivity contribution in [3.63, 3.8) is 0 Å². The number of aryl methyl sites for hydroxylation is 1. The zero-order valence-corrected chi connectivity index (χ0v) is 23.9. The summed E-state index contributed by atoms with van der Waals surface area (Å²) in [4.78, 5) is 26.1. The predicted octanol–water partition coefficient (Wildman–Crippen LogP) is 7.16. The molecule has 4 nitrogen and oxygen atoms in total. The number of esters is 1. The van der Waals surface area contributed by atoms with E-state index >= 15 is 0 Å². The summed E-state index contributed by atoms with van der Waals surface area (Å²) in [6.07, 6.45) is 11.5. The molecule has 7 rings (SSSR count). The van der Waals surface area contributed by atoms with Crippen molar-refractivity contribution in [2.24, 2.45) is 28.6 Å². The lowest BCUT2D eigenvalue weighted by atomic mass is 9.55. The van der Waals surface area contributed by atoms with Crippen LogP contribution in [0.4, 0.5) is 0 Å². The van der Waals surface area contributed by atoms with E-state index in [0.29, 0.717) is 36.3 Å². The van der Waals surface area contributed by atoms with Crippen molar-refractivity contribution < 1.29 is 19.4 Å². The first-order chi connectivity index (χ1) is 18.6. The molecule has 1 N–H and O–H groups in total. The molecule has 6 aliphatic rings. The maximum atomic E-state index is 13.1. The van der Waals surface area contributed by atoms with Gasteiger partial charge in [-0.05, 0) is 141 Å². The Morgan fingerprint density at radius 3 is 2.67 bits per heavy atom. The van der Waals surface area contributed by atoms with Crippen LogP contribution in [0.5, 0.6) is 5.75 Å². The summed E-state index contributed by atoms with van der Waals surface area (Å²) in [6, 6.07) is 6.30. The normalized spacial score (nSPS) is 35.9. The van der Waals surface area contributed by atoms with Gasteiger partial charge in [0.05, 0.1) is 12.5 Å². The number of aliphatic hydroxyl groups excluding tert-OH is 1. The van der Waals surface area contributed by atoms with Gasteiger partial charge in [-0.3, -0.25) is 9.59 Å². The second kappa shape index (κ2) is 8.77. The number of Topliss-reactive ketones (excluding diaryl/α,β-unsaturated/α-hetero) is 1. The first kappa shape index (κ1) is 25.5. The monoisotopic (exact) mass is 526 g/mol. The molecule has 0 amide bonds. The Hall–Kier alpha value is -2.46. The van der Waals surface area contributed by atoms with Gasteiger partial charge in [0, 0.05) is 16.9 Å². The van der Waals surface area contributed by atoms with Crippen molar-refractivity contribution in [3.05, 3.63) is 63.3 Å². The third-order valence-electron chi connectivity index (χ3n) is 12.3. The van der Waals surface area contributed by atoms with Crippen molar-refractivity contribution in [3.8, 4) is 5.75 Å². The fraction of sp³-hybridized carbons (Fsp3) is 0.600. The van der Waals surface area contributed by atoms with Crippen LogP contribution in [0, 0.1) is 28.6 Å². The van der Waals surface area contributed by atoms with Crippen LogP contribution in [0.15, 0.2) is 52.1 Å². The molecule has 1 aromatic rings. The van der Waals surface area contributed by atoms with E-state index in [1.165, 1.54) is 16.7 Å². The maximum Gasteiger partial charge on any atom is 0.311 e. The largest absolute Gasteiger partial charge is 0.427 e. The molecule has 0 bridgehead atoms. The summed E-state index contributed by atoms with van der Waals surface area (Å²) in [5, 5.41) is 10.7. The maximum absolute atomic E-state index is 13.1. The van der Waals surface area contributed by atoms with Crippen molar-refractivity contribution in [2.75, 3.05) is 0 Å². The molecule has 3 saturated carbocycles. The highest BCUT2D eigenvalue weighted by atomic mass is 16.5. The minimum absolute atomic E-state index is 0.0524. The minimum Gasteiger partial charge on any atom is -0.427 e. The fourth-order valence-electron chi connectivity index (χ4n) is 9.69. The molecule has 4 unspecified atom stereocenters. The number of hydrogen-bond acceptors (Lipinski definition) is 4. The van der Waals surface area contributed by atoms with Gasteiger partial charge in [0.25, 0.3) is 0 Å². The Bertz CT molecular complexity index is 1370. The number of benzene rings is 1.